The van der Waals surface area contributed by atoms with Crippen LogP contribution >= 0.6 is 0 Å². The van der Waals surface area contributed by atoms with Crippen molar-refractivity contribution in [3.63, 3.8) is 0 Å². The van der Waals surface area contributed by atoms with E-state index in [-0.39, 0.29) is 24.0 Å². The molecule has 1 N–H and O–H groups in total. The van der Waals surface area contributed by atoms with E-state index in [0.717, 1.165) is 0 Å². The third-order valence-corrected chi connectivity index (χ3v) is 2.13. The second-order valence-corrected chi connectivity index (χ2v) is 3.74. The van der Waals surface area contributed by atoms with E-state index in [9.17, 15) is 9.59 Å². The Morgan fingerprint density at radius 1 is 1.59 bits per heavy atom. The lowest BCUT2D eigenvalue weighted by atomic mass is 10.4. The number of nitrogens with one attached hydrogen (secondary N) is 1. The maximum atomic E-state index is 11.9. The van der Waals surface area contributed by atoms with Gasteiger partial charge in [0.05, 0.1) is 6.61 Å². The van der Waals surface area contributed by atoms with Crippen LogP contribution in [0.3, 0.4) is 0 Å². The van der Waals surface area contributed by atoms with E-state index in [1.165, 1.54) is 6.20 Å². The molecular formula is C11H17N3O3. The van der Waals surface area contributed by atoms with Crippen LogP contribution in [0, 0.1) is 0 Å². The van der Waals surface area contributed by atoms with Crippen molar-refractivity contribution >= 4 is 11.8 Å². The molecule has 0 amide bonds. The van der Waals surface area contributed by atoms with Crippen molar-refractivity contribution in [2.75, 3.05) is 18.5 Å². The lowest BCUT2D eigenvalue weighted by Gasteiger charge is -2.11. The first-order valence-electron chi connectivity index (χ1n) is 5.53. The van der Waals surface area contributed by atoms with Crippen molar-refractivity contribution in [2.45, 2.75) is 26.8 Å². The molecule has 1 rings (SSSR count). The summed E-state index contributed by atoms with van der Waals surface area (Å²) in [5, 5.41) is 2.67. The highest BCUT2D eigenvalue weighted by Gasteiger charge is 2.08. The molecule has 0 aliphatic heterocycles. The van der Waals surface area contributed by atoms with Gasteiger partial charge in [-0.15, -0.1) is 0 Å². The van der Waals surface area contributed by atoms with E-state index in [1.54, 1.807) is 17.7 Å². The first-order chi connectivity index (χ1) is 8.06. The molecule has 17 heavy (non-hydrogen) atoms. The van der Waals surface area contributed by atoms with E-state index in [2.05, 4.69) is 10.3 Å². The first kappa shape index (κ1) is 13.2. The van der Waals surface area contributed by atoms with Crippen molar-refractivity contribution < 1.29 is 9.53 Å². The molecule has 1 heterocycles. The smallest absolute Gasteiger partial charge is 0.325 e. The Morgan fingerprint density at radius 2 is 2.29 bits per heavy atom. The maximum Gasteiger partial charge on any atom is 0.325 e. The number of ether oxygens (including phenoxy) is 1. The second-order valence-electron chi connectivity index (χ2n) is 3.74. The summed E-state index contributed by atoms with van der Waals surface area (Å²) in [7, 11) is 0. The first-order valence-corrected chi connectivity index (χ1v) is 5.53. The van der Waals surface area contributed by atoms with Crippen LogP contribution in [0.4, 0.5) is 5.82 Å². The third kappa shape index (κ3) is 3.58. The fourth-order valence-electron chi connectivity index (χ4n) is 1.32. The Labute approximate surface area is 99.6 Å². The topological polar surface area (TPSA) is 73.2 Å². The van der Waals surface area contributed by atoms with Gasteiger partial charge in [-0.05, 0) is 20.8 Å². The van der Waals surface area contributed by atoms with E-state index in [4.69, 9.17) is 4.74 Å². The van der Waals surface area contributed by atoms with Gasteiger partial charge in [0, 0.05) is 18.4 Å². The number of carbonyl (C=O) groups excluding carboxylic acids is 1. The van der Waals surface area contributed by atoms with E-state index < -0.39 is 5.97 Å². The highest BCUT2D eigenvalue weighted by molar-refractivity contribution is 5.74. The zero-order valence-corrected chi connectivity index (χ0v) is 10.3. The largest absolute Gasteiger partial charge is 0.465 e. The van der Waals surface area contributed by atoms with Gasteiger partial charge in [0.15, 0.2) is 5.82 Å². The Morgan fingerprint density at radius 3 is 2.88 bits per heavy atom. The molecule has 0 fully saturated rings. The van der Waals surface area contributed by atoms with Crippen LogP contribution in [0.1, 0.15) is 26.8 Å². The van der Waals surface area contributed by atoms with Crippen molar-refractivity contribution in [1.29, 1.82) is 0 Å². The zero-order valence-electron chi connectivity index (χ0n) is 10.3. The molecule has 1 aromatic rings. The average molecular weight is 239 g/mol. The van der Waals surface area contributed by atoms with Crippen LogP contribution in [0.25, 0.3) is 0 Å². The van der Waals surface area contributed by atoms with Gasteiger partial charge in [-0.3, -0.25) is 9.59 Å². The Bertz CT molecular complexity index is 440. The molecule has 0 aliphatic rings. The molecule has 6 heteroatoms. The van der Waals surface area contributed by atoms with Gasteiger partial charge in [0.2, 0.25) is 0 Å². The molecule has 0 saturated heterocycles. The molecule has 0 unspecified atom stereocenters. The Hall–Kier alpha value is -1.85. The number of rotatable bonds is 5. The predicted molar refractivity (Wildman–Crippen MR) is 64.0 cm³/mol. The normalized spacial score (nSPS) is 10.4. The molecule has 0 bridgehead atoms. The van der Waals surface area contributed by atoms with Gasteiger partial charge < -0.3 is 14.6 Å². The minimum atomic E-state index is -0.409. The van der Waals surface area contributed by atoms with Crippen molar-refractivity contribution in [3.8, 4) is 0 Å². The van der Waals surface area contributed by atoms with E-state index in [0.29, 0.717) is 6.61 Å². The lowest BCUT2D eigenvalue weighted by Crippen LogP contribution is -2.28. The monoisotopic (exact) mass is 239 g/mol. The average Bonchev–Trinajstić information content (AvgIpc) is 2.27. The molecule has 0 aliphatic carbocycles. The van der Waals surface area contributed by atoms with Gasteiger partial charge in [-0.25, -0.2) is 4.98 Å². The van der Waals surface area contributed by atoms with Gasteiger partial charge >= 0.3 is 5.97 Å². The predicted octanol–water partition coefficient (Wildman–Crippen LogP) is 0.799. The second kappa shape index (κ2) is 6.03. The van der Waals surface area contributed by atoms with Crippen LogP contribution in [0.5, 0.6) is 0 Å². The minimum absolute atomic E-state index is 0.0497. The van der Waals surface area contributed by atoms with Crippen molar-refractivity contribution in [3.05, 3.63) is 22.7 Å². The molecule has 0 spiro atoms. The summed E-state index contributed by atoms with van der Waals surface area (Å²) in [5.41, 5.74) is -0.244. The lowest BCUT2D eigenvalue weighted by molar-refractivity contribution is -0.140. The van der Waals surface area contributed by atoms with Gasteiger partial charge in [0.25, 0.3) is 5.56 Å². The number of esters is 1. The van der Waals surface area contributed by atoms with Crippen LogP contribution in [0.2, 0.25) is 0 Å². The minimum Gasteiger partial charge on any atom is -0.465 e. The molecule has 0 aromatic carbocycles. The summed E-state index contributed by atoms with van der Waals surface area (Å²) >= 11 is 0. The van der Waals surface area contributed by atoms with Gasteiger partial charge in [-0.1, -0.05) is 0 Å². The number of aromatic nitrogens is 2. The molecule has 1 aromatic heterocycles. The molecule has 0 atom stereocenters. The fraction of sp³-hybridized carbons (Fsp3) is 0.545. The summed E-state index contributed by atoms with van der Waals surface area (Å²) < 4.78 is 6.29. The Balaban J connectivity index is 2.76. The molecule has 0 radical (unpaired) electrons. The van der Waals surface area contributed by atoms with E-state index >= 15 is 0 Å². The van der Waals surface area contributed by atoms with Crippen molar-refractivity contribution in [1.82, 2.24) is 9.55 Å². The standard InChI is InChI=1S/C11H17N3O3/c1-4-17-9(15)7-13-10-11(16)14(8(2)3)6-5-12-10/h5-6,8H,4,7H2,1-3H3,(H,12,13). The highest BCUT2D eigenvalue weighted by atomic mass is 16.5. The Kier molecular flexibility index (Phi) is 4.68. The summed E-state index contributed by atoms with van der Waals surface area (Å²) in [6, 6.07) is 0.0497. The van der Waals surface area contributed by atoms with Gasteiger partial charge in [-0.2, -0.15) is 0 Å². The third-order valence-electron chi connectivity index (χ3n) is 2.13. The summed E-state index contributed by atoms with van der Waals surface area (Å²) in [5.74, 6) is -0.247. The fourth-order valence-corrected chi connectivity index (χ4v) is 1.32. The number of nitrogens with zero attached hydrogens (tertiary/aromatic N) is 2. The van der Waals surface area contributed by atoms with Crippen molar-refractivity contribution in [2.24, 2.45) is 0 Å². The summed E-state index contributed by atoms with van der Waals surface area (Å²) in [6.07, 6.45) is 3.14. The maximum absolute atomic E-state index is 11.9. The van der Waals surface area contributed by atoms with E-state index in [1.807, 2.05) is 13.8 Å². The summed E-state index contributed by atoms with van der Waals surface area (Å²) in [6.45, 7) is 5.79. The van der Waals surface area contributed by atoms with Gasteiger partial charge in [0.1, 0.15) is 6.54 Å². The number of carbonyl (C=O) groups is 1. The number of anilines is 1. The van der Waals surface area contributed by atoms with Crippen LogP contribution in [-0.4, -0.2) is 28.7 Å². The quantitative estimate of drug-likeness (QED) is 0.769. The SMILES string of the molecule is CCOC(=O)CNc1nccn(C(C)C)c1=O. The van der Waals surface area contributed by atoms with Crippen LogP contribution < -0.4 is 10.9 Å². The van der Waals surface area contributed by atoms with Crippen LogP contribution in [-0.2, 0) is 9.53 Å². The number of hydrogen-bond donors (Lipinski definition) is 1. The highest BCUT2D eigenvalue weighted by Crippen LogP contribution is 2.01. The molecule has 6 nitrogen and oxygen atoms in total. The molecule has 0 saturated carbocycles. The zero-order chi connectivity index (χ0) is 12.8. The molecule has 94 valence electrons. The molecular weight excluding hydrogens is 222 g/mol. The summed E-state index contributed by atoms with van der Waals surface area (Å²) in [4.78, 5) is 26.9. The van der Waals surface area contributed by atoms with Crippen LogP contribution in [0.15, 0.2) is 17.2 Å². The number of hydrogen-bond acceptors (Lipinski definition) is 5.